The predicted molar refractivity (Wildman–Crippen MR) is 72.8 cm³/mol. The number of piperidine rings is 2. The van der Waals surface area contributed by atoms with Crippen LogP contribution in [0.25, 0.3) is 0 Å². The average Bonchev–Trinajstić information content (AvgIpc) is 2.38. The number of hydrogen-bond acceptors (Lipinski definition) is 4. The maximum Gasteiger partial charge on any atom is 0.140 e. The summed E-state index contributed by atoms with van der Waals surface area (Å²) >= 11 is 0. The predicted octanol–water partition coefficient (Wildman–Crippen LogP) is 0.928. The second-order valence-corrected chi connectivity index (χ2v) is 5.88. The molecule has 0 radical (unpaired) electrons. The van der Waals surface area contributed by atoms with Crippen molar-refractivity contribution in [1.29, 1.82) is 0 Å². The van der Waals surface area contributed by atoms with Crippen LogP contribution in [0.1, 0.15) is 32.6 Å². The Labute approximate surface area is 110 Å². The van der Waals surface area contributed by atoms with E-state index in [1.54, 1.807) is 0 Å². The summed E-state index contributed by atoms with van der Waals surface area (Å²) in [4.78, 5) is 5.03. The Balaban J connectivity index is 1.90. The first kappa shape index (κ1) is 13.6. The van der Waals surface area contributed by atoms with Crippen LogP contribution in [0.5, 0.6) is 0 Å². The minimum atomic E-state index is 0.338. The van der Waals surface area contributed by atoms with Crippen molar-refractivity contribution < 1.29 is 5.21 Å². The number of oxime groups is 1. The molecule has 2 saturated heterocycles. The monoisotopic (exact) mass is 254 g/mol. The van der Waals surface area contributed by atoms with Crippen molar-refractivity contribution in [2.24, 2.45) is 16.8 Å². The highest BCUT2D eigenvalue weighted by Crippen LogP contribution is 2.30. The average molecular weight is 254 g/mol. The lowest BCUT2D eigenvalue weighted by Gasteiger charge is -2.47. The summed E-state index contributed by atoms with van der Waals surface area (Å²) in [5.74, 6) is 1.14. The number of amidine groups is 1. The SMILES string of the molecule is CC(CC(N)=NO)N1CCC2C(CCCN2C)C1. The third-order valence-corrected chi connectivity index (χ3v) is 4.63. The minimum Gasteiger partial charge on any atom is -0.409 e. The van der Waals surface area contributed by atoms with Crippen molar-refractivity contribution in [2.45, 2.75) is 44.7 Å². The van der Waals surface area contributed by atoms with Gasteiger partial charge in [0.1, 0.15) is 5.84 Å². The Morgan fingerprint density at radius 1 is 1.44 bits per heavy atom. The molecule has 0 amide bonds. The van der Waals surface area contributed by atoms with Crippen LogP contribution >= 0.6 is 0 Å². The van der Waals surface area contributed by atoms with E-state index in [1.807, 2.05) is 0 Å². The van der Waals surface area contributed by atoms with Crippen molar-refractivity contribution in [3.05, 3.63) is 0 Å². The molecule has 0 aromatic rings. The van der Waals surface area contributed by atoms with Crippen molar-refractivity contribution >= 4 is 5.84 Å². The Hall–Kier alpha value is -0.810. The summed E-state index contributed by atoms with van der Waals surface area (Å²) in [6, 6.07) is 1.14. The molecule has 2 aliphatic rings. The Morgan fingerprint density at radius 2 is 2.22 bits per heavy atom. The molecular formula is C13H26N4O. The fraction of sp³-hybridized carbons (Fsp3) is 0.923. The lowest BCUT2D eigenvalue weighted by molar-refractivity contribution is 0.0244. The van der Waals surface area contributed by atoms with Gasteiger partial charge < -0.3 is 15.8 Å². The fourth-order valence-electron chi connectivity index (χ4n) is 3.55. The third kappa shape index (κ3) is 2.95. The molecule has 2 heterocycles. The third-order valence-electron chi connectivity index (χ3n) is 4.63. The molecule has 2 aliphatic heterocycles. The highest BCUT2D eigenvalue weighted by molar-refractivity contribution is 5.80. The van der Waals surface area contributed by atoms with Gasteiger partial charge in [0.15, 0.2) is 0 Å². The number of likely N-dealkylation sites (tertiary alicyclic amines) is 2. The van der Waals surface area contributed by atoms with E-state index in [1.165, 1.54) is 25.8 Å². The van der Waals surface area contributed by atoms with Gasteiger partial charge in [-0.15, -0.1) is 0 Å². The highest BCUT2D eigenvalue weighted by atomic mass is 16.4. The molecule has 0 bridgehead atoms. The zero-order chi connectivity index (χ0) is 13.1. The number of hydrogen-bond donors (Lipinski definition) is 2. The second kappa shape index (κ2) is 5.89. The first-order valence-corrected chi connectivity index (χ1v) is 7.02. The maximum absolute atomic E-state index is 8.64. The fourth-order valence-corrected chi connectivity index (χ4v) is 3.55. The van der Waals surface area contributed by atoms with Gasteiger partial charge in [-0.3, -0.25) is 4.90 Å². The first-order valence-electron chi connectivity index (χ1n) is 7.02. The standard InChI is InChI=1S/C13H26N4O/c1-10(8-13(14)15-18)17-7-5-12-11(9-17)4-3-6-16(12)2/h10-12,18H,3-9H2,1-2H3,(H2,14,15). The van der Waals surface area contributed by atoms with Crippen LogP contribution in [0.3, 0.4) is 0 Å². The number of fused-ring (bicyclic) bond motifs is 1. The maximum atomic E-state index is 8.64. The van der Waals surface area contributed by atoms with E-state index in [-0.39, 0.29) is 0 Å². The van der Waals surface area contributed by atoms with E-state index in [0.717, 1.165) is 25.0 Å². The van der Waals surface area contributed by atoms with E-state index >= 15 is 0 Å². The number of nitrogens with two attached hydrogens (primary N) is 1. The van der Waals surface area contributed by atoms with Crippen LogP contribution < -0.4 is 5.73 Å². The topological polar surface area (TPSA) is 65.1 Å². The number of rotatable bonds is 3. The molecule has 104 valence electrons. The van der Waals surface area contributed by atoms with E-state index < -0.39 is 0 Å². The van der Waals surface area contributed by atoms with Gasteiger partial charge in [0, 0.05) is 25.0 Å². The van der Waals surface area contributed by atoms with E-state index in [0.29, 0.717) is 18.3 Å². The quantitative estimate of drug-likeness (QED) is 0.340. The molecule has 18 heavy (non-hydrogen) atoms. The van der Waals surface area contributed by atoms with Gasteiger partial charge in [0.2, 0.25) is 0 Å². The van der Waals surface area contributed by atoms with Crippen LogP contribution in [0.4, 0.5) is 0 Å². The summed E-state index contributed by atoms with van der Waals surface area (Å²) < 4.78 is 0. The zero-order valence-electron chi connectivity index (χ0n) is 11.5. The lowest BCUT2D eigenvalue weighted by Crippen LogP contribution is -2.54. The van der Waals surface area contributed by atoms with Crippen LogP contribution in [0, 0.1) is 5.92 Å². The minimum absolute atomic E-state index is 0.338. The summed E-state index contributed by atoms with van der Waals surface area (Å²) in [5.41, 5.74) is 5.60. The van der Waals surface area contributed by atoms with Gasteiger partial charge in [-0.05, 0) is 52.2 Å². The molecule has 0 spiro atoms. The molecule has 3 unspecified atom stereocenters. The van der Waals surface area contributed by atoms with E-state index in [2.05, 4.69) is 28.9 Å². The smallest absolute Gasteiger partial charge is 0.140 e. The van der Waals surface area contributed by atoms with Gasteiger partial charge in [-0.1, -0.05) is 5.16 Å². The number of nitrogens with zero attached hydrogens (tertiary/aromatic N) is 3. The van der Waals surface area contributed by atoms with Crippen LogP contribution in [0.2, 0.25) is 0 Å². The van der Waals surface area contributed by atoms with Gasteiger partial charge in [0.25, 0.3) is 0 Å². The molecule has 0 aromatic heterocycles. The van der Waals surface area contributed by atoms with E-state index in [4.69, 9.17) is 10.9 Å². The molecule has 5 heteroatoms. The molecule has 3 N–H and O–H groups in total. The van der Waals surface area contributed by atoms with Crippen LogP contribution in [-0.2, 0) is 0 Å². The molecule has 0 aliphatic carbocycles. The van der Waals surface area contributed by atoms with Gasteiger partial charge in [-0.25, -0.2) is 0 Å². The molecule has 2 fully saturated rings. The normalized spacial score (nSPS) is 33.1. The Morgan fingerprint density at radius 3 is 2.94 bits per heavy atom. The summed E-state index contributed by atoms with van der Waals surface area (Å²) in [6.45, 7) is 5.71. The van der Waals surface area contributed by atoms with E-state index in [9.17, 15) is 0 Å². The first-order chi connectivity index (χ1) is 8.61. The van der Waals surface area contributed by atoms with Crippen molar-refractivity contribution in [3.63, 3.8) is 0 Å². The van der Waals surface area contributed by atoms with Crippen molar-refractivity contribution in [2.75, 3.05) is 26.7 Å². The van der Waals surface area contributed by atoms with Gasteiger partial charge in [0.05, 0.1) is 0 Å². The largest absolute Gasteiger partial charge is 0.409 e. The zero-order valence-corrected chi connectivity index (χ0v) is 11.5. The highest BCUT2D eigenvalue weighted by Gasteiger charge is 2.35. The molecule has 3 atom stereocenters. The van der Waals surface area contributed by atoms with Gasteiger partial charge in [-0.2, -0.15) is 0 Å². The Bertz CT molecular complexity index is 307. The molecule has 5 nitrogen and oxygen atoms in total. The van der Waals surface area contributed by atoms with Crippen LogP contribution in [0.15, 0.2) is 5.16 Å². The molecule has 0 aromatic carbocycles. The van der Waals surface area contributed by atoms with Crippen LogP contribution in [-0.4, -0.2) is 59.6 Å². The second-order valence-electron chi connectivity index (χ2n) is 5.88. The molecule has 2 rings (SSSR count). The van der Waals surface area contributed by atoms with Gasteiger partial charge >= 0.3 is 0 Å². The Kier molecular flexibility index (Phi) is 4.45. The lowest BCUT2D eigenvalue weighted by atomic mass is 9.83. The summed E-state index contributed by atoms with van der Waals surface area (Å²) in [6.07, 6.45) is 4.58. The summed E-state index contributed by atoms with van der Waals surface area (Å²) in [7, 11) is 2.26. The molecular weight excluding hydrogens is 228 g/mol. The molecule has 0 saturated carbocycles. The van der Waals surface area contributed by atoms with Crippen molar-refractivity contribution in [3.8, 4) is 0 Å². The summed E-state index contributed by atoms with van der Waals surface area (Å²) in [5, 5.41) is 11.7. The van der Waals surface area contributed by atoms with Crippen molar-refractivity contribution in [1.82, 2.24) is 9.80 Å².